The number of pyridine rings is 1. The summed E-state index contributed by atoms with van der Waals surface area (Å²) in [5.41, 5.74) is 2.23. The van der Waals surface area contributed by atoms with E-state index in [0.717, 1.165) is 11.1 Å². The SMILES string of the molecule is C[n+]1ccc(/C=C/c2ccc(OCCF)cc2)cc1.[I-]. The van der Waals surface area contributed by atoms with Crippen LogP contribution in [0.1, 0.15) is 11.1 Å². The van der Waals surface area contributed by atoms with Gasteiger partial charge in [0.15, 0.2) is 12.4 Å². The molecule has 0 fully saturated rings. The van der Waals surface area contributed by atoms with E-state index in [0.29, 0.717) is 5.75 Å². The molecule has 2 nitrogen and oxygen atoms in total. The van der Waals surface area contributed by atoms with Gasteiger partial charge in [-0.25, -0.2) is 8.96 Å². The predicted molar refractivity (Wildman–Crippen MR) is 74.5 cm³/mol. The summed E-state index contributed by atoms with van der Waals surface area (Å²) in [6.07, 6.45) is 8.10. The number of aryl methyl sites for hydroxylation is 1. The molecule has 0 saturated carbocycles. The lowest BCUT2D eigenvalue weighted by Gasteiger charge is -2.03. The highest BCUT2D eigenvalue weighted by Gasteiger charge is 1.94. The molecule has 0 bridgehead atoms. The van der Waals surface area contributed by atoms with E-state index in [1.54, 1.807) is 0 Å². The summed E-state index contributed by atoms with van der Waals surface area (Å²) in [5, 5.41) is 0. The average molecular weight is 385 g/mol. The fourth-order valence-electron chi connectivity index (χ4n) is 1.65. The number of ether oxygens (including phenoxy) is 1. The Morgan fingerprint density at radius 2 is 1.55 bits per heavy atom. The van der Waals surface area contributed by atoms with Crippen LogP contribution in [0.4, 0.5) is 4.39 Å². The van der Waals surface area contributed by atoms with Crippen LogP contribution in [-0.4, -0.2) is 13.3 Å². The molecule has 0 aliphatic carbocycles. The van der Waals surface area contributed by atoms with Gasteiger partial charge in [-0.3, -0.25) is 0 Å². The topological polar surface area (TPSA) is 13.1 Å². The third-order valence-electron chi connectivity index (χ3n) is 2.70. The van der Waals surface area contributed by atoms with Crippen molar-refractivity contribution in [2.45, 2.75) is 0 Å². The highest BCUT2D eigenvalue weighted by Crippen LogP contribution is 2.14. The number of hydrogen-bond donors (Lipinski definition) is 0. The summed E-state index contributed by atoms with van der Waals surface area (Å²) in [6.45, 7) is -0.358. The van der Waals surface area contributed by atoms with E-state index in [2.05, 4.69) is 18.2 Å². The van der Waals surface area contributed by atoms with E-state index in [1.807, 2.05) is 54.3 Å². The number of hydrogen-bond acceptors (Lipinski definition) is 1. The third kappa shape index (κ3) is 5.28. The van der Waals surface area contributed by atoms with Gasteiger partial charge >= 0.3 is 0 Å². The fourth-order valence-corrected chi connectivity index (χ4v) is 1.65. The van der Waals surface area contributed by atoms with Crippen LogP contribution in [0.25, 0.3) is 12.2 Å². The van der Waals surface area contributed by atoms with Crippen LogP contribution >= 0.6 is 0 Å². The fraction of sp³-hybridized carbons (Fsp3) is 0.188. The first-order valence-electron chi connectivity index (χ1n) is 6.20. The number of nitrogens with zero attached hydrogens (tertiary/aromatic N) is 1. The Labute approximate surface area is 135 Å². The van der Waals surface area contributed by atoms with Crippen LogP contribution in [0.15, 0.2) is 48.8 Å². The lowest BCUT2D eigenvalue weighted by atomic mass is 10.1. The maximum Gasteiger partial charge on any atom is 0.169 e. The van der Waals surface area contributed by atoms with E-state index < -0.39 is 6.67 Å². The van der Waals surface area contributed by atoms with Gasteiger partial charge in [-0.05, 0) is 23.3 Å². The zero-order chi connectivity index (χ0) is 13.5. The summed E-state index contributed by atoms with van der Waals surface area (Å²) in [6, 6.07) is 11.7. The lowest BCUT2D eigenvalue weighted by molar-refractivity contribution is -0.671. The van der Waals surface area contributed by atoms with Gasteiger partial charge in [0, 0.05) is 12.1 Å². The molecule has 1 aromatic carbocycles. The highest BCUT2D eigenvalue weighted by atomic mass is 127. The smallest absolute Gasteiger partial charge is 0.169 e. The molecule has 0 spiro atoms. The summed E-state index contributed by atoms with van der Waals surface area (Å²) < 4.78 is 19.1. The average Bonchev–Trinajstić information content (AvgIpc) is 2.46. The van der Waals surface area contributed by atoms with Gasteiger partial charge in [-0.1, -0.05) is 24.3 Å². The van der Waals surface area contributed by atoms with Crippen LogP contribution in [0.2, 0.25) is 0 Å². The van der Waals surface area contributed by atoms with Crippen LogP contribution in [0, 0.1) is 0 Å². The lowest BCUT2D eigenvalue weighted by Crippen LogP contribution is -3.00. The van der Waals surface area contributed by atoms with Gasteiger partial charge in [-0.15, -0.1) is 0 Å². The number of benzene rings is 1. The van der Waals surface area contributed by atoms with E-state index in [-0.39, 0.29) is 30.6 Å². The number of alkyl halides is 1. The molecule has 2 aromatic rings. The molecule has 1 aromatic heterocycles. The molecule has 0 saturated heterocycles. The minimum atomic E-state index is -0.465. The first-order valence-corrected chi connectivity index (χ1v) is 6.20. The first kappa shape index (κ1) is 16.6. The monoisotopic (exact) mass is 385 g/mol. The third-order valence-corrected chi connectivity index (χ3v) is 2.70. The summed E-state index contributed by atoms with van der Waals surface area (Å²) in [5.74, 6) is 0.696. The van der Waals surface area contributed by atoms with Crippen molar-refractivity contribution < 1.29 is 37.7 Å². The minimum absolute atomic E-state index is 0. The quantitative estimate of drug-likeness (QED) is 0.523. The van der Waals surface area contributed by atoms with E-state index in [1.165, 1.54) is 0 Å². The second-order valence-electron chi connectivity index (χ2n) is 4.24. The van der Waals surface area contributed by atoms with Crippen molar-refractivity contribution >= 4 is 12.2 Å². The molecule has 4 heteroatoms. The maximum atomic E-state index is 12.0. The zero-order valence-electron chi connectivity index (χ0n) is 11.3. The van der Waals surface area contributed by atoms with Crippen LogP contribution < -0.4 is 33.3 Å². The minimum Gasteiger partial charge on any atom is -1.00 e. The Balaban J connectivity index is 0.00000200. The van der Waals surface area contributed by atoms with Gasteiger partial charge in [0.2, 0.25) is 0 Å². The second-order valence-corrected chi connectivity index (χ2v) is 4.24. The molecule has 2 rings (SSSR count). The summed E-state index contributed by atoms with van der Waals surface area (Å²) in [4.78, 5) is 0. The molecule has 1 heterocycles. The van der Waals surface area contributed by atoms with E-state index >= 15 is 0 Å². The second kappa shape index (κ2) is 8.68. The van der Waals surface area contributed by atoms with Gasteiger partial charge in [0.05, 0.1) is 0 Å². The van der Waals surface area contributed by atoms with Gasteiger partial charge < -0.3 is 28.7 Å². The van der Waals surface area contributed by atoms with Crippen LogP contribution in [-0.2, 0) is 7.05 Å². The van der Waals surface area contributed by atoms with Crippen molar-refractivity contribution in [3.05, 3.63) is 59.9 Å². The Hall–Kier alpha value is -1.43. The zero-order valence-corrected chi connectivity index (χ0v) is 13.5. The van der Waals surface area contributed by atoms with Crippen LogP contribution in [0.3, 0.4) is 0 Å². The molecule has 20 heavy (non-hydrogen) atoms. The molecule has 0 aliphatic heterocycles. The van der Waals surface area contributed by atoms with Crippen molar-refractivity contribution in [2.75, 3.05) is 13.3 Å². The molecular weight excluding hydrogens is 368 g/mol. The van der Waals surface area contributed by atoms with Crippen molar-refractivity contribution in [3.63, 3.8) is 0 Å². The number of rotatable bonds is 5. The standard InChI is InChI=1S/C16H17FNO.HI/c1-18-11-8-15(9-12-18)3-2-14-4-6-16(7-5-14)19-13-10-17;/h2-9,11-12H,10,13H2,1H3;1H/q+1;/p-1/b3-2+;. The molecule has 0 unspecified atom stereocenters. The Kier molecular flexibility index (Phi) is 7.22. The molecule has 0 radical (unpaired) electrons. The van der Waals surface area contributed by atoms with E-state index in [9.17, 15) is 4.39 Å². The number of aromatic nitrogens is 1. The predicted octanol–water partition coefficient (Wildman–Crippen LogP) is 0.0338. The van der Waals surface area contributed by atoms with Gasteiger partial charge in [0.1, 0.15) is 26.1 Å². The molecule has 0 atom stereocenters. The Bertz CT molecular complexity index is 537. The van der Waals surface area contributed by atoms with Gasteiger partial charge in [-0.2, -0.15) is 0 Å². The highest BCUT2D eigenvalue weighted by molar-refractivity contribution is 5.69. The Morgan fingerprint density at radius 1 is 1.00 bits per heavy atom. The van der Waals surface area contributed by atoms with Gasteiger partial charge in [0.25, 0.3) is 0 Å². The van der Waals surface area contributed by atoms with Crippen LogP contribution in [0.5, 0.6) is 5.75 Å². The van der Waals surface area contributed by atoms with Crippen molar-refractivity contribution in [1.29, 1.82) is 0 Å². The molecule has 0 amide bonds. The van der Waals surface area contributed by atoms with Crippen molar-refractivity contribution in [1.82, 2.24) is 0 Å². The molecule has 0 aliphatic rings. The van der Waals surface area contributed by atoms with E-state index in [4.69, 9.17) is 4.74 Å². The molecular formula is C16H17FINO. The molecule has 0 N–H and O–H groups in total. The Morgan fingerprint density at radius 3 is 2.10 bits per heavy atom. The summed E-state index contributed by atoms with van der Waals surface area (Å²) >= 11 is 0. The van der Waals surface area contributed by atoms with Crippen molar-refractivity contribution in [2.24, 2.45) is 7.05 Å². The largest absolute Gasteiger partial charge is 1.00 e. The maximum absolute atomic E-state index is 12.0. The first-order chi connectivity index (χ1) is 9.28. The normalized spacial score (nSPS) is 10.3. The summed E-state index contributed by atoms with van der Waals surface area (Å²) in [7, 11) is 1.99. The molecule has 106 valence electrons. The number of halogens is 2. The van der Waals surface area contributed by atoms with Crippen molar-refractivity contribution in [3.8, 4) is 5.75 Å².